The van der Waals surface area contributed by atoms with Gasteiger partial charge in [0.25, 0.3) is 0 Å². The molecule has 30 heavy (non-hydrogen) atoms. The Kier molecular flexibility index (Phi) is 9.53. The van der Waals surface area contributed by atoms with Crippen molar-refractivity contribution in [3.05, 3.63) is 0 Å². The quantitative estimate of drug-likeness (QED) is 0.489. The van der Waals surface area contributed by atoms with E-state index in [4.69, 9.17) is 28.4 Å². The number of hydrogen-bond acceptors (Lipinski definition) is 8. The molecule has 0 atom stereocenters. The Labute approximate surface area is 179 Å². The van der Waals surface area contributed by atoms with Gasteiger partial charge in [-0.05, 0) is 13.8 Å². The standard InChI is InChI=1S/C22H38O8/c1-16(10-25-19(23)6-8-21(4)27-12-17(2)13-28-21)11-26-20(24)7-9-22(5)29-14-18(3)15-30-22/h16-18H,6-15H2,1-5H3. The lowest BCUT2D eigenvalue weighted by Gasteiger charge is -2.36. The van der Waals surface area contributed by atoms with Gasteiger partial charge in [-0.3, -0.25) is 9.59 Å². The summed E-state index contributed by atoms with van der Waals surface area (Å²) in [4.78, 5) is 24.0. The third-order valence-corrected chi connectivity index (χ3v) is 5.32. The zero-order valence-corrected chi connectivity index (χ0v) is 19.1. The number of ether oxygens (including phenoxy) is 6. The molecule has 0 N–H and O–H groups in total. The minimum atomic E-state index is -0.729. The Morgan fingerprint density at radius 3 is 1.47 bits per heavy atom. The molecule has 0 aromatic rings. The molecule has 8 heteroatoms. The van der Waals surface area contributed by atoms with Crippen molar-refractivity contribution in [1.82, 2.24) is 0 Å². The van der Waals surface area contributed by atoms with Gasteiger partial charge in [0.15, 0.2) is 11.6 Å². The van der Waals surface area contributed by atoms with Crippen molar-refractivity contribution in [2.24, 2.45) is 17.8 Å². The van der Waals surface area contributed by atoms with Crippen LogP contribution in [0.2, 0.25) is 0 Å². The van der Waals surface area contributed by atoms with E-state index < -0.39 is 11.6 Å². The van der Waals surface area contributed by atoms with E-state index in [0.717, 1.165) is 0 Å². The minimum absolute atomic E-state index is 0.0878. The third kappa shape index (κ3) is 8.88. The number of esters is 2. The van der Waals surface area contributed by atoms with Gasteiger partial charge in [-0.15, -0.1) is 0 Å². The molecule has 0 bridgehead atoms. The molecule has 2 aliphatic heterocycles. The molecule has 2 aliphatic rings. The summed E-state index contributed by atoms with van der Waals surface area (Å²) in [5.74, 6) is -1.44. The zero-order valence-electron chi connectivity index (χ0n) is 19.1. The van der Waals surface area contributed by atoms with Gasteiger partial charge < -0.3 is 28.4 Å². The van der Waals surface area contributed by atoms with Crippen LogP contribution in [0.3, 0.4) is 0 Å². The molecule has 2 rings (SSSR count). The normalized spacial score (nSPS) is 33.0. The molecule has 2 saturated heterocycles. The van der Waals surface area contributed by atoms with Crippen LogP contribution in [0, 0.1) is 17.8 Å². The molecular weight excluding hydrogens is 392 g/mol. The van der Waals surface area contributed by atoms with Crippen LogP contribution in [0.1, 0.15) is 60.3 Å². The first kappa shape index (κ1) is 25.0. The first-order valence-corrected chi connectivity index (χ1v) is 11.0. The SMILES string of the molecule is CC(COC(=O)CCC1(C)OCC(C)CO1)COC(=O)CCC1(C)OCC(C)CO1. The van der Waals surface area contributed by atoms with Crippen LogP contribution < -0.4 is 0 Å². The van der Waals surface area contributed by atoms with Crippen molar-refractivity contribution in [1.29, 1.82) is 0 Å². The van der Waals surface area contributed by atoms with Crippen LogP contribution in [0.25, 0.3) is 0 Å². The molecule has 2 heterocycles. The largest absolute Gasteiger partial charge is 0.465 e. The van der Waals surface area contributed by atoms with Crippen molar-refractivity contribution in [2.75, 3.05) is 39.6 Å². The maximum absolute atomic E-state index is 12.0. The molecular formula is C22H38O8. The first-order chi connectivity index (χ1) is 14.1. The van der Waals surface area contributed by atoms with E-state index in [1.807, 2.05) is 20.8 Å². The van der Waals surface area contributed by atoms with Crippen LogP contribution in [0.5, 0.6) is 0 Å². The predicted octanol–water partition coefficient (Wildman–Crippen LogP) is 3.07. The summed E-state index contributed by atoms with van der Waals surface area (Å²) in [6.07, 6.45) is 1.33. The second kappa shape index (κ2) is 11.4. The lowest BCUT2D eigenvalue weighted by molar-refractivity contribution is -0.274. The van der Waals surface area contributed by atoms with Gasteiger partial charge in [-0.1, -0.05) is 20.8 Å². The Bertz CT molecular complexity index is 499. The van der Waals surface area contributed by atoms with E-state index >= 15 is 0 Å². The summed E-state index contributed by atoms with van der Waals surface area (Å²) in [5, 5.41) is 0. The lowest BCUT2D eigenvalue weighted by Crippen LogP contribution is -2.41. The number of carbonyl (C=O) groups is 2. The molecule has 0 spiro atoms. The fraction of sp³-hybridized carbons (Fsp3) is 0.909. The smallest absolute Gasteiger partial charge is 0.305 e. The Balaban J connectivity index is 1.55. The first-order valence-electron chi connectivity index (χ1n) is 11.0. The van der Waals surface area contributed by atoms with Gasteiger partial charge in [0.1, 0.15) is 0 Å². The van der Waals surface area contributed by atoms with Crippen molar-refractivity contribution in [2.45, 2.75) is 71.9 Å². The van der Waals surface area contributed by atoms with Crippen molar-refractivity contribution >= 4 is 11.9 Å². The van der Waals surface area contributed by atoms with E-state index in [9.17, 15) is 9.59 Å². The second-order valence-corrected chi connectivity index (χ2v) is 9.19. The molecule has 174 valence electrons. The average molecular weight is 431 g/mol. The number of rotatable bonds is 10. The van der Waals surface area contributed by atoms with Gasteiger partial charge in [-0.2, -0.15) is 0 Å². The zero-order chi connectivity index (χ0) is 22.2. The number of hydrogen-bond donors (Lipinski definition) is 0. The van der Waals surface area contributed by atoms with Gasteiger partial charge in [0.05, 0.1) is 52.5 Å². The molecule has 0 unspecified atom stereocenters. The average Bonchev–Trinajstić information content (AvgIpc) is 2.72. The van der Waals surface area contributed by atoms with E-state index in [-0.39, 0.29) is 43.9 Å². The summed E-state index contributed by atoms with van der Waals surface area (Å²) in [6, 6.07) is 0. The maximum atomic E-state index is 12.0. The fourth-order valence-electron chi connectivity index (χ4n) is 3.06. The Morgan fingerprint density at radius 2 is 1.13 bits per heavy atom. The molecule has 0 saturated carbocycles. The van der Waals surface area contributed by atoms with Crippen LogP contribution >= 0.6 is 0 Å². The highest BCUT2D eigenvalue weighted by Crippen LogP contribution is 2.27. The molecule has 0 aliphatic carbocycles. The van der Waals surface area contributed by atoms with Gasteiger partial charge in [0, 0.05) is 30.6 Å². The molecule has 2 fully saturated rings. The van der Waals surface area contributed by atoms with Gasteiger partial charge in [-0.25, -0.2) is 0 Å². The molecule has 8 nitrogen and oxygen atoms in total. The predicted molar refractivity (Wildman–Crippen MR) is 108 cm³/mol. The Hall–Kier alpha value is -1.22. The van der Waals surface area contributed by atoms with E-state index in [1.165, 1.54) is 0 Å². The van der Waals surface area contributed by atoms with Gasteiger partial charge >= 0.3 is 11.9 Å². The highest BCUT2D eigenvalue weighted by Gasteiger charge is 2.33. The minimum Gasteiger partial charge on any atom is -0.465 e. The van der Waals surface area contributed by atoms with Crippen LogP contribution in [-0.4, -0.2) is 63.2 Å². The second-order valence-electron chi connectivity index (χ2n) is 9.19. The molecule has 0 aromatic carbocycles. The monoisotopic (exact) mass is 430 g/mol. The lowest BCUT2D eigenvalue weighted by atomic mass is 10.1. The van der Waals surface area contributed by atoms with Crippen molar-refractivity contribution in [3.8, 4) is 0 Å². The van der Waals surface area contributed by atoms with Crippen LogP contribution in [0.15, 0.2) is 0 Å². The maximum Gasteiger partial charge on any atom is 0.305 e. The highest BCUT2D eigenvalue weighted by atomic mass is 16.7. The summed E-state index contributed by atoms with van der Waals surface area (Å²) in [7, 11) is 0. The molecule has 0 radical (unpaired) electrons. The number of carbonyl (C=O) groups excluding carboxylic acids is 2. The van der Waals surface area contributed by atoms with E-state index in [1.54, 1.807) is 0 Å². The summed E-state index contributed by atoms with van der Waals surface area (Å²) in [6.45, 7) is 12.6. The summed E-state index contributed by atoms with van der Waals surface area (Å²) < 4.78 is 33.4. The fourth-order valence-corrected chi connectivity index (χ4v) is 3.06. The third-order valence-electron chi connectivity index (χ3n) is 5.32. The summed E-state index contributed by atoms with van der Waals surface area (Å²) in [5.41, 5.74) is 0. The van der Waals surface area contributed by atoms with Crippen molar-refractivity contribution in [3.63, 3.8) is 0 Å². The Morgan fingerprint density at radius 1 is 0.800 bits per heavy atom. The van der Waals surface area contributed by atoms with Crippen molar-refractivity contribution < 1.29 is 38.0 Å². The highest BCUT2D eigenvalue weighted by molar-refractivity contribution is 5.69. The topological polar surface area (TPSA) is 89.5 Å². The summed E-state index contributed by atoms with van der Waals surface area (Å²) >= 11 is 0. The van der Waals surface area contributed by atoms with Crippen LogP contribution in [0.4, 0.5) is 0 Å². The van der Waals surface area contributed by atoms with E-state index in [2.05, 4.69) is 13.8 Å². The molecule has 0 amide bonds. The van der Waals surface area contributed by atoms with Crippen LogP contribution in [-0.2, 0) is 38.0 Å². The van der Waals surface area contributed by atoms with Gasteiger partial charge in [0.2, 0.25) is 0 Å². The van der Waals surface area contributed by atoms with E-state index in [0.29, 0.717) is 51.1 Å². The molecule has 0 aromatic heterocycles.